The van der Waals surface area contributed by atoms with E-state index in [2.05, 4.69) is 50.0 Å². The van der Waals surface area contributed by atoms with E-state index >= 15 is 0 Å². The molecular formula is C24H27N3O2S. The molecular weight excluding hydrogens is 394 g/mol. The second kappa shape index (κ2) is 9.32. The Balaban J connectivity index is 2.18. The molecule has 0 aliphatic carbocycles. The maximum Gasteiger partial charge on any atom is 0.355 e. The van der Waals surface area contributed by atoms with Gasteiger partial charge in [0.2, 0.25) is 0 Å². The number of aromatic carboxylic acids is 1. The molecule has 0 aliphatic rings. The van der Waals surface area contributed by atoms with Gasteiger partial charge in [-0.2, -0.15) is 0 Å². The zero-order valence-corrected chi connectivity index (χ0v) is 18.6. The Morgan fingerprint density at radius 2 is 1.87 bits per heavy atom. The van der Waals surface area contributed by atoms with Crippen molar-refractivity contribution in [3.05, 3.63) is 68.4 Å². The third-order valence-electron chi connectivity index (χ3n) is 4.89. The average molecular weight is 422 g/mol. The number of nitrogens with zero attached hydrogens (tertiary/aromatic N) is 2. The molecule has 3 N–H and O–H groups in total. The summed E-state index contributed by atoms with van der Waals surface area (Å²) in [5.41, 5.74) is 13.7. The van der Waals surface area contributed by atoms with E-state index in [1.54, 1.807) is 5.38 Å². The van der Waals surface area contributed by atoms with Crippen LogP contribution in [0.25, 0.3) is 23.3 Å². The van der Waals surface area contributed by atoms with Gasteiger partial charge in [-0.1, -0.05) is 43.7 Å². The maximum atomic E-state index is 11.1. The molecule has 30 heavy (non-hydrogen) atoms. The number of carbonyl (C=O) groups is 1. The Hall–Kier alpha value is -2.83. The molecule has 5 nitrogen and oxygen atoms in total. The van der Waals surface area contributed by atoms with Crippen molar-refractivity contribution in [1.82, 2.24) is 9.97 Å². The molecule has 0 fully saturated rings. The second-order valence-electron chi connectivity index (χ2n) is 7.79. The van der Waals surface area contributed by atoms with Crippen molar-refractivity contribution in [3.8, 4) is 11.1 Å². The Bertz CT molecular complexity index is 1080. The first-order valence-electron chi connectivity index (χ1n) is 9.96. The highest BCUT2D eigenvalue weighted by Crippen LogP contribution is 2.34. The van der Waals surface area contributed by atoms with Crippen molar-refractivity contribution in [1.29, 1.82) is 0 Å². The van der Waals surface area contributed by atoms with Crippen LogP contribution in [0.1, 0.15) is 57.4 Å². The van der Waals surface area contributed by atoms with E-state index in [4.69, 9.17) is 15.8 Å². The topological polar surface area (TPSA) is 89.1 Å². The molecule has 0 spiro atoms. The number of aromatic nitrogens is 2. The predicted molar refractivity (Wildman–Crippen MR) is 124 cm³/mol. The molecule has 3 aromatic rings. The summed E-state index contributed by atoms with van der Waals surface area (Å²) >= 11 is 1.30. The summed E-state index contributed by atoms with van der Waals surface area (Å²) in [5, 5.41) is 11.3. The van der Waals surface area contributed by atoms with Crippen LogP contribution in [0.5, 0.6) is 0 Å². The van der Waals surface area contributed by atoms with Crippen molar-refractivity contribution in [3.63, 3.8) is 0 Å². The Labute approximate surface area is 181 Å². The highest BCUT2D eigenvalue weighted by atomic mass is 32.1. The van der Waals surface area contributed by atoms with Crippen molar-refractivity contribution in [2.24, 2.45) is 11.7 Å². The van der Waals surface area contributed by atoms with E-state index in [9.17, 15) is 4.79 Å². The highest BCUT2D eigenvalue weighted by molar-refractivity contribution is 7.10. The van der Waals surface area contributed by atoms with E-state index < -0.39 is 5.97 Å². The zero-order chi connectivity index (χ0) is 21.8. The molecule has 0 saturated carbocycles. The first kappa shape index (κ1) is 21.9. The van der Waals surface area contributed by atoms with Crippen LogP contribution in [0.3, 0.4) is 0 Å². The van der Waals surface area contributed by atoms with Crippen LogP contribution >= 0.6 is 11.3 Å². The Morgan fingerprint density at radius 1 is 1.17 bits per heavy atom. The summed E-state index contributed by atoms with van der Waals surface area (Å²) < 4.78 is 0. The molecule has 0 unspecified atom stereocenters. The molecule has 0 atom stereocenters. The molecule has 2 heterocycles. The summed E-state index contributed by atoms with van der Waals surface area (Å²) in [5.74, 6) is -0.549. The van der Waals surface area contributed by atoms with E-state index in [-0.39, 0.29) is 5.69 Å². The number of hydrogen-bond acceptors (Lipinski definition) is 5. The summed E-state index contributed by atoms with van der Waals surface area (Å²) in [6.45, 7) is 8.84. The Morgan fingerprint density at radius 3 is 2.43 bits per heavy atom. The lowest BCUT2D eigenvalue weighted by molar-refractivity contribution is 0.0691. The summed E-state index contributed by atoms with van der Waals surface area (Å²) in [6.07, 6.45) is 4.69. The fourth-order valence-corrected chi connectivity index (χ4v) is 4.15. The average Bonchev–Trinajstić information content (AvgIpc) is 3.16. The molecule has 156 valence electrons. The number of hydrogen-bond donors (Lipinski definition) is 2. The normalized spacial score (nSPS) is 11.5. The number of benzene rings is 1. The van der Waals surface area contributed by atoms with Gasteiger partial charge in [0.05, 0.1) is 0 Å². The van der Waals surface area contributed by atoms with Crippen LogP contribution in [0.15, 0.2) is 29.6 Å². The molecule has 0 saturated heterocycles. The van der Waals surface area contributed by atoms with Crippen LogP contribution in [0.2, 0.25) is 0 Å². The van der Waals surface area contributed by atoms with Crippen LogP contribution in [0, 0.1) is 19.8 Å². The van der Waals surface area contributed by atoms with Gasteiger partial charge in [0.15, 0.2) is 5.69 Å². The van der Waals surface area contributed by atoms with Crippen molar-refractivity contribution in [2.75, 3.05) is 0 Å². The van der Waals surface area contributed by atoms with Crippen molar-refractivity contribution < 1.29 is 9.90 Å². The number of pyridine rings is 1. The fraction of sp³-hybridized carbons (Fsp3) is 0.292. The molecule has 2 aromatic heterocycles. The molecule has 0 amide bonds. The monoisotopic (exact) mass is 421 g/mol. The molecule has 0 aliphatic heterocycles. The third-order valence-corrected chi connectivity index (χ3v) is 5.70. The zero-order valence-electron chi connectivity index (χ0n) is 17.8. The molecule has 1 aromatic carbocycles. The second-order valence-corrected chi connectivity index (χ2v) is 8.68. The van der Waals surface area contributed by atoms with Crippen molar-refractivity contribution in [2.45, 2.75) is 40.7 Å². The van der Waals surface area contributed by atoms with Gasteiger partial charge in [-0.05, 0) is 55.0 Å². The largest absolute Gasteiger partial charge is 0.476 e. The number of nitrogens with two attached hydrogens (primary N) is 1. The number of carboxylic acids is 1. The quantitative estimate of drug-likeness (QED) is 0.537. The summed E-state index contributed by atoms with van der Waals surface area (Å²) in [7, 11) is 0. The standard InChI is InChI=1S/C24H27N3O2S/c1-14(2)11-20-19(12-25)23(17-7-5-15(3)6-8-17)18(16(4)26-20)9-10-22-27-21(13-30-22)24(28)29/h5-10,13-14H,11-12,25H2,1-4H3,(H,28,29)/b10-9+. The fourth-order valence-electron chi connectivity index (χ4n) is 3.46. The van der Waals surface area contributed by atoms with Gasteiger partial charge in [0, 0.05) is 28.9 Å². The van der Waals surface area contributed by atoms with Crippen LogP contribution in [0.4, 0.5) is 0 Å². The number of rotatable bonds is 7. The van der Waals surface area contributed by atoms with Gasteiger partial charge >= 0.3 is 5.97 Å². The van der Waals surface area contributed by atoms with Crippen LogP contribution < -0.4 is 5.73 Å². The van der Waals surface area contributed by atoms with E-state index in [1.807, 2.05) is 19.1 Å². The number of aryl methyl sites for hydroxylation is 2. The van der Waals surface area contributed by atoms with Gasteiger partial charge in [-0.15, -0.1) is 11.3 Å². The van der Waals surface area contributed by atoms with Crippen molar-refractivity contribution >= 4 is 29.5 Å². The lowest BCUT2D eigenvalue weighted by atomic mass is 9.89. The van der Waals surface area contributed by atoms with E-state index in [0.29, 0.717) is 17.5 Å². The first-order valence-corrected chi connectivity index (χ1v) is 10.8. The summed E-state index contributed by atoms with van der Waals surface area (Å²) in [6, 6.07) is 8.43. The van der Waals surface area contributed by atoms with E-state index in [0.717, 1.165) is 40.1 Å². The first-order chi connectivity index (χ1) is 14.3. The third kappa shape index (κ3) is 4.83. The van der Waals surface area contributed by atoms with Gasteiger partial charge in [0.1, 0.15) is 5.01 Å². The van der Waals surface area contributed by atoms with Gasteiger partial charge in [-0.3, -0.25) is 4.98 Å². The molecule has 0 radical (unpaired) electrons. The van der Waals surface area contributed by atoms with Crippen LogP contribution in [-0.4, -0.2) is 21.0 Å². The molecule has 3 rings (SSSR count). The molecule has 0 bridgehead atoms. The Kier molecular flexibility index (Phi) is 6.80. The van der Waals surface area contributed by atoms with Gasteiger partial charge in [-0.25, -0.2) is 9.78 Å². The lowest BCUT2D eigenvalue weighted by Gasteiger charge is -2.19. The van der Waals surface area contributed by atoms with Gasteiger partial charge < -0.3 is 10.8 Å². The van der Waals surface area contributed by atoms with E-state index in [1.165, 1.54) is 16.9 Å². The smallest absolute Gasteiger partial charge is 0.355 e. The number of carboxylic acid groups (broad SMARTS) is 1. The summed E-state index contributed by atoms with van der Waals surface area (Å²) in [4.78, 5) is 20.2. The lowest BCUT2D eigenvalue weighted by Crippen LogP contribution is -2.12. The number of thiazole rings is 1. The minimum atomic E-state index is -1.02. The minimum absolute atomic E-state index is 0.0585. The predicted octanol–water partition coefficient (Wildman–Crippen LogP) is 5.35. The van der Waals surface area contributed by atoms with Gasteiger partial charge in [0.25, 0.3) is 0 Å². The SMILES string of the molecule is Cc1ccc(-c2c(/C=C/c3nc(C(=O)O)cs3)c(C)nc(CC(C)C)c2CN)cc1. The molecule has 6 heteroatoms. The minimum Gasteiger partial charge on any atom is -0.476 e. The highest BCUT2D eigenvalue weighted by Gasteiger charge is 2.18. The van der Waals surface area contributed by atoms with Crippen LogP contribution in [-0.2, 0) is 13.0 Å². The maximum absolute atomic E-state index is 11.1.